The number of Topliss-reactive ketones (excluding diaryl/α,β-unsaturated/α-hetero) is 1. The van der Waals surface area contributed by atoms with Crippen LogP contribution >= 0.6 is 0 Å². The minimum Gasteiger partial charge on any atom is -0.405 e. The molecule has 0 saturated heterocycles. The first-order chi connectivity index (χ1) is 22.2. The molecule has 0 saturated carbocycles. The van der Waals surface area contributed by atoms with Gasteiger partial charge in [-0.3, -0.25) is 4.79 Å². The maximum Gasteiger partial charge on any atom is 0.193 e. The number of rotatable bonds is 3. The summed E-state index contributed by atoms with van der Waals surface area (Å²) in [6.45, 7) is 14.5. The van der Waals surface area contributed by atoms with Gasteiger partial charge in [0.2, 0.25) is 0 Å². The van der Waals surface area contributed by atoms with E-state index in [9.17, 15) is 4.79 Å². The molecule has 3 N–H and O–H groups in total. The first-order valence-corrected chi connectivity index (χ1v) is 15.9. The molecule has 230 valence electrons. The molecule has 0 bridgehead atoms. The molecule has 0 amide bonds. The highest BCUT2D eigenvalue weighted by Crippen LogP contribution is 2.52. The van der Waals surface area contributed by atoms with Crippen LogP contribution in [0.5, 0.6) is 0 Å². The van der Waals surface area contributed by atoms with Crippen LogP contribution in [-0.4, -0.2) is 18.9 Å². The van der Waals surface area contributed by atoms with E-state index >= 15 is 0 Å². The second kappa shape index (κ2) is 11.0. The minimum absolute atomic E-state index is 0.119. The van der Waals surface area contributed by atoms with Crippen LogP contribution in [-0.2, 0) is 15.6 Å². The van der Waals surface area contributed by atoms with Crippen molar-refractivity contribution in [2.45, 2.75) is 38.5 Å². The highest BCUT2D eigenvalue weighted by Gasteiger charge is 2.40. The zero-order valence-corrected chi connectivity index (χ0v) is 27.0. The van der Waals surface area contributed by atoms with Crippen molar-refractivity contribution in [3.05, 3.63) is 167 Å². The lowest BCUT2D eigenvalue weighted by atomic mass is 9.73. The summed E-state index contributed by atoms with van der Waals surface area (Å²) in [4.78, 5) is 19.3. The van der Waals surface area contributed by atoms with Crippen molar-refractivity contribution in [2.24, 2.45) is 5.73 Å². The molecular formula is C41H40N4O. The van der Waals surface area contributed by atoms with Crippen LogP contribution in [0.1, 0.15) is 49.9 Å². The number of anilines is 4. The Morgan fingerprint density at radius 2 is 1.17 bits per heavy atom. The third-order valence-corrected chi connectivity index (χ3v) is 9.92. The monoisotopic (exact) mass is 604 g/mol. The predicted molar refractivity (Wildman–Crippen MR) is 190 cm³/mol. The van der Waals surface area contributed by atoms with E-state index < -0.39 is 0 Å². The van der Waals surface area contributed by atoms with Crippen molar-refractivity contribution < 1.29 is 4.79 Å². The second-order valence-electron chi connectivity index (χ2n) is 13.2. The molecule has 0 aliphatic carbocycles. The third kappa shape index (κ3) is 4.38. The third-order valence-electron chi connectivity index (χ3n) is 9.92. The van der Waals surface area contributed by atoms with E-state index in [0.717, 1.165) is 34.1 Å². The number of carbonyl (C=O) groups is 1. The first-order valence-electron chi connectivity index (χ1n) is 15.9. The Morgan fingerprint density at radius 3 is 1.65 bits per heavy atom. The molecule has 3 heterocycles. The van der Waals surface area contributed by atoms with Crippen molar-refractivity contribution in [2.75, 3.05) is 22.9 Å². The molecule has 4 aromatic carbocycles. The molecule has 5 heteroatoms. The van der Waals surface area contributed by atoms with Crippen LogP contribution in [0, 0.1) is 0 Å². The van der Waals surface area contributed by atoms with E-state index in [1.54, 1.807) is 0 Å². The van der Waals surface area contributed by atoms with Gasteiger partial charge in [0.05, 0.1) is 34.1 Å². The fourth-order valence-corrected chi connectivity index (χ4v) is 7.56. The summed E-state index contributed by atoms with van der Waals surface area (Å²) >= 11 is 0. The molecule has 3 aliphatic rings. The summed E-state index contributed by atoms with van der Waals surface area (Å²) in [5.74, 6) is -0.119. The van der Waals surface area contributed by atoms with Crippen LogP contribution in [0.15, 0.2) is 145 Å². The minimum atomic E-state index is -0.225. The highest BCUT2D eigenvalue weighted by molar-refractivity contribution is 6.13. The van der Waals surface area contributed by atoms with Crippen LogP contribution in [0.3, 0.4) is 0 Å². The van der Waals surface area contributed by atoms with E-state index in [4.69, 9.17) is 5.73 Å². The van der Waals surface area contributed by atoms with Gasteiger partial charge in [0, 0.05) is 35.1 Å². The number of benzene rings is 4. The average Bonchev–Trinajstić information content (AvgIpc) is 3.06. The van der Waals surface area contributed by atoms with Gasteiger partial charge in [-0.25, -0.2) is 0 Å². The number of fused-ring (bicyclic) bond motifs is 4. The Balaban J connectivity index is 1.40. The Labute approximate surface area is 272 Å². The lowest BCUT2D eigenvalue weighted by Crippen LogP contribution is -2.37. The number of para-hydroxylation sites is 4. The number of nitrogens with zero attached hydrogens (tertiary/aromatic N) is 2. The van der Waals surface area contributed by atoms with Crippen LogP contribution in [0.25, 0.3) is 0 Å². The smallest absolute Gasteiger partial charge is 0.193 e. The standard InChI is InChI=1S/C41H40N4O/c1-27-33(44-35-18-10-6-14-29(35)40(2,3)30-15-7-11-19-36(30)44)23-25-43-26-28(39(27)46)34(22-24-42)45-37-20-12-8-16-31(37)41(4,5)32-17-9-13-21-38(32)45/h6-24,43H,1,25-26,42H2,2-5H3/b24-22-,33-23+,34-28-. The van der Waals surface area contributed by atoms with Gasteiger partial charge in [0.1, 0.15) is 0 Å². The van der Waals surface area contributed by atoms with Crippen LogP contribution in [0.4, 0.5) is 22.7 Å². The molecule has 46 heavy (non-hydrogen) atoms. The van der Waals surface area contributed by atoms with Crippen molar-refractivity contribution in [3.63, 3.8) is 0 Å². The van der Waals surface area contributed by atoms with E-state index in [1.807, 2.05) is 6.08 Å². The summed E-state index contributed by atoms with van der Waals surface area (Å²) in [6, 6.07) is 33.8. The number of nitrogens with one attached hydrogen (secondary N) is 1. The van der Waals surface area contributed by atoms with E-state index in [0.29, 0.717) is 24.2 Å². The normalized spacial score (nSPS) is 20.5. The molecule has 0 atom stereocenters. The predicted octanol–water partition coefficient (Wildman–Crippen LogP) is 8.28. The fourth-order valence-electron chi connectivity index (χ4n) is 7.56. The number of ketones is 1. The van der Waals surface area contributed by atoms with Crippen molar-refractivity contribution in [1.29, 1.82) is 0 Å². The molecule has 0 spiro atoms. The van der Waals surface area contributed by atoms with Gasteiger partial charge in [-0.05, 0) is 64.9 Å². The SMILES string of the molecule is C=C1C(=O)/C(=C(/C=C\N)N2c3ccccc3C(C)(C)c3ccccc32)CNC/C=C\1N1c2ccccc2C(C)(C)c2ccccc21. The molecule has 3 aliphatic heterocycles. The van der Waals surface area contributed by atoms with E-state index in [2.05, 4.69) is 153 Å². The number of hydrogen-bond donors (Lipinski definition) is 2. The van der Waals surface area contributed by atoms with Crippen LogP contribution in [0.2, 0.25) is 0 Å². The molecule has 0 fully saturated rings. The number of nitrogens with two attached hydrogens (primary N) is 1. The second-order valence-corrected chi connectivity index (χ2v) is 13.2. The Hall–Kier alpha value is -5.13. The Kier molecular flexibility index (Phi) is 7.10. The molecule has 0 aromatic heterocycles. The quantitative estimate of drug-likeness (QED) is 0.231. The summed E-state index contributed by atoms with van der Waals surface area (Å²) in [7, 11) is 0. The largest absolute Gasteiger partial charge is 0.405 e. The van der Waals surface area contributed by atoms with Gasteiger partial charge in [0.15, 0.2) is 5.78 Å². The molecule has 5 nitrogen and oxygen atoms in total. The zero-order chi connectivity index (χ0) is 32.2. The van der Waals surface area contributed by atoms with Gasteiger partial charge in [-0.2, -0.15) is 0 Å². The first kappa shape index (κ1) is 29.6. The van der Waals surface area contributed by atoms with Gasteiger partial charge in [-0.15, -0.1) is 0 Å². The van der Waals surface area contributed by atoms with E-state index in [1.165, 1.54) is 28.5 Å². The molecular weight excluding hydrogens is 564 g/mol. The van der Waals surface area contributed by atoms with Gasteiger partial charge in [-0.1, -0.05) is 107 Å². The zero-order valence-electron chi connectivity index (χ0n) is 27.0. The molecule has 0 unspecified atom stereocenters. The highest BCUT2D eigenvalue weighted by atomic mass is 16.1. The average molecular weight is 605 g/mol. The lowest BCUT2D eigenvalue weighted by Gasteiger charge is -2.44. The van der Waals surface area contributed by atoms with Gasteiger partial charge < -0.3 is 20.9 Å². The maximum atomic E-state index is 14.8. The summed E-state index contributed by atoms with van der Waals surface area (Å²) < 4.78 is 0. The summed E-state index contributed by atoms with van der Waals surface area (Å²) in [6.07, 6.45) is 5.47. The van der Waals surface area contributed by atoms with Crippen molar-refractivity contribution in [1.82, 2.24) is 5.32 Å². The van der Waals surface area contributed by atoms with Gasteiger partial charge >= 0.3 is 0 Å². The topological polar surface area (TPSA) is 61.6 Å². The molecule has 7 rings (SSSR count). The lowest BCUT2D eigenvalue weighted by molar-refractivity contribution is -0.112. The van der Waals surface area contributed by atoms with Gasteiger partial charge in [0.25, 0.3) is 0 Å². The summed E-state index contributed by atoms with van der Waals surface area (Å²) in [5, 5.41) is 3.54. The number of hydrogen-bond acceptors (Lipinski definition) is 5. The Bertz CT molecular complexity index is 1890. The Morgan fingerprint density at radius 1 is 0.739 bits per heavy atom. The molecule has 0 radical (unpaired) electrons. The summed E-state index contributed by atoms with van der Waals surface area (Å²) in [5.41, 5.74) is 17.2. The van der Waals surface area contributed by atoms with Crippen molar-refractivity contribution in [3.8, 4) is 0 Å². The van der Waals surface area contributed by atoms with E-state index in [-0.39, 0.29) is 16.6 Å². The fraction of sp³-hybridized carbons (Fsp3) is 0.195. The maximum absolute atomic E-state index is 14.8. The van der Waals surface area contributed by atoms with Crippen LogP contribution < -0.4 is 20.9 Å². The number of carbonyl (C=O) groups excluding carboxylic acids is 1. The molecule has 4 aromatic rings. The van der Waals surface area contributed by atoms with Crippen molar-refractivity contribution >= 4 is 28.5 Å². The number of allylic oxidation sites excluding steroid dienone is 2.